The van der Waals surface area contributed by atoms with Crippen molar-refractivity contribution in [3.05, 3.63) is 40.7 Å². The number of hydrogen-bond donors (Lipinski definition) is 3. The molecule has 0 radical (unpaired) electrons. The molecule has 29 heavy (non-hydrogen) atoms. The first-order valence-corrected chi connectivity index (χ1v) is 9.42. The highest BCUT2D eigenvalue weighted by atomic mass is 19.4. The van der Waals surface area contributed by atoms with Crippen LogP contribution < -0.4 is 11.1 Å². The average Bonchev–Trinajstić information content (AvgIpc) is 2.99. The van der Waals surface area contributed by atoms with E-state index in [1.807, 2.05) is 13.8 Å². The highest BCUT2D eigenvalue weighted by molar-refractivity contribution is 5.99. The van der Waals surface area contributed by atoms with Gasteiger partial charge in [-0.1, -0.05) is 13.8 Å². The predicted molar refractivity (Wildman–Crippen MR) is 103 cm³/mol. The summed E-state index contributed by atoms with van der Waals surface area (Å²) < 4.78 is 42.1. The van der Waals surface area contributed by atoms with Gasteiger partial charge in [-0.3, -0.25) is 4.79 Å². The lowest BCUT2D eigenvalue weighted by molar-refractivity contribution is -0.142. The highest BCUT2D eigenvalue weighted by Gasteiger charge is 2.42. The molecule has 3 rings (SSSR count). The lowest BCUT2D eigenvalue weighted by Crippen LogP contribution is -2.25. The summed E-state index contributed by atoms with van der Waals surface area (Å²) in [6.45, 7) is 5.56. The van der Waals surface area contributed by atoms with E-state index in [4.69, 9.17) is 5.73 Å². The van der Waals surface area contributed by atoms with E-state index in [1.54, 1.807) is 13.0 Å². The maximum absolute atomic E-state index is 13.6. The quantitative estimate of drug-likeness (QED) is 0.705. The lowest BCUT2D eigenvalue weighted by atomic mass is 9.76. The summed E-state index contributed by atoms with van der Waals surface area (Å²) in [6.07, 6.45) is -3.13. The number of aromatic nitrogens is 2. The van der Waals surface area contributed by atoms with Crippen molar-refractivity contribution < 1.29 is 23.1 Å². The van der Waals surface area contributed by atoms with Gasteiger partial charge in [0.05, 0.1) is 17.9 Å². The van der Waals surface area contributed by atoms with Crippen LogP contribution in [0.15, 0.2) is 18.2 Å². The van der Waals surface area contributed by atoms with E-state index in [9.17, 15) is 23.1 Å². The number of carbonyl (C=O) groups is 1. The van der Waals surface area contributed by atoms with E-state index in [0.717, 1.165) is 0 Å². The summed E-state index contributed by atoms with van der Waals surface area (Å²) in [4.78, 5) is 11.7. The summed E-state index contributed by atoms with van der Waals surface area (Å²) in [7, 11) is 0. The van der Waals surface area contributed by atoms with Gasteiger partial charge in [0.15, 0.2) is 5.69 Å². The van der Waals surface area contributed by atoms with Crippen LogP contribution in [0.4, 0.5) is 18.9 Å². The molecule has 9 heteroatoms. The predicted octanol–water partition coefficient (Wildman–Crippen LogP) is 3.30. The van der Waals surface area contributed by atoms with E-state index in [2.05, 4.69) is 10.4 Å². The van der Waals surface area contributed by atoms with E-state index in [1.165, 1.54) is 16.8 Å². The molecule has 0 fully saturated rings. The second kappa shape index (κ2) is 7.37. The molecular formula is C20H25F3N4O2. The smallest absolute Gasteiger partial charge is 0.394 e. The van der Waals surface area contributed by atoms with Crippen LogP contribution in [0.5, 0.6) is 0 Å². The zero-order valence-electron chi connectivity index (χ0n) is 16.6. The number of aliphatic hydroxyl groups excluding tert-OH is 1. The van der Waals surface area contributed by atoms with E-state index >= 15 is 0 Å². The van der Waals surface area contributed by atoms with Crippen molar-refractivity contribution in [2.24, 2.45) is 11.1 Å². The third-order valence-corrected chi connectivity index (χ3v) is 5.25. The summed E-state index contributed by atoms with van der Waals surface area (Å²) in [5, 5.41) is 16.2. The second-order valence-electron chi connectivity index (χ2n) is 8.35. The van der Waals surface area contributed by atoms with Gasteiger partial charge in [0, 0.05) is 23.0 Å². The number of primary amides is 1. The Kier molecular flexibility index (Phi) is 5.38. The molecule has 0 aliphatic heterocycles. The maximum Gasteiger partial charge on any atom is 0.435 e. The number of amides is 1. The van der Waals surface area contributed by atoms with Crippen molar-refractivity contribution in [2.45, 2.75) is 52.3 Å². The molecule has 0 saturated carbocycles. The number of rotatable bonds is 5. The average molecular weight is 410 g/mol. The molecule has 158 valence electrons. The molecular weight excluding hydrogens is 385 g/mol. The second-order valence-corrected chi connectivity index (χ2v) is 8.35. The Morgan fingerprint density at radius 2 is 2.10 bits per heavy atom. The summed E-state index contributed by atoms with van der Waals surface area (Å²) in [5.74, 6) is -0.677. The minimum Gasteiger partial charge on any atom is -0.394 e. The van der Waals surface area contributed by atoms with E-state index in [0.29, 0.717) is 36.3 Å². The van der Waals surface area contributed by atoms with Gasteiger partial charge in [0.25, 0.3) is 5.91 Å². The number of anilines is 1. The zero-order valence-corrected chi connectivity index (χ0v) is 16.6. The Bertz CT molecular complexity index is 935. The Balaban J connectivity index is 2.17. The first kappa shape index (κ1) is 21.2. The zero-order chi connectivity index (χ0) is 21.6. The number of fused-ring (bicyclic) bond motifs is 1. The minimum absolute atomic E-state index is 0.146. The molecule has 1 aromatic heterocycles. The van der Waals surface area contributed by atoms with Gasteiger partial charge < -0.3 is 16.2 Å². The number of benzene rings is 1. The fourth-order valence-electron chi connectivity index (χ4n) is 3.69. The Hall–Kier alpha value is -2.55. The van der Waals surface area contributed by atoms with Crippen molar-refractivity contribution in [1.29, 1.82) is 0 Å². The molecule has 1 aliphatic rings. The summed E-state index contributed by atoms with van der Waals surface area (Å²) >= 11 is 0. The summed E-state index contributed by atoms with van der Waals surface area (Å²) in [5.41, 5.74) is 6.09. The fourth-order valence-corrected chi connectivity index (χ4v) is 3.69. The first-order chi connectivity index (χ1) is 13.4. The SMILES string of the molecule is C[C@@H](CO)Nc1cc(-n2nc(C(F)(F)F)c3c2CC(C)(C)CC3)ccc1C(N)=O. The molecule has 0 saturated heterocycles. The van der Waals surface area contributed by atoms with Crippen LogP contribution in [0.25, 0.3) is 5.69 Å². The first-order valence-electron chi connectivity index (χ1n) is 9.42. The van der Waals surface area contributed by atoms with Crippen LogP contribution in [0.3, 0.4) is 0 Å². The van der Waals surface area contributed by atoms with Crippen LogP contribution >= 0.6 is 0 Å². The maximum atomic E-state index is 13.6. The standard InChI is InChI=1S/C20H25F3N4O2/c1-11(10-28)25-15-8-12(4-5-13(15)18(24)29)27-16-9-19(2,3)7-6-14(16)17(26-27)20(21,22)23/h4-5,8,11,25,28H,6-7,9-10H2,1-3H3,(H2,24,29)/t11-/m0/s1. The van der Waals surface area contributed by atoms with Crippen LogP contribution in [0.1, 0.15) is 54.5 Å². The van der Waals surface area contributed by atoms with Crippen molar-refractivity contribution in [2.75, 3.05) is 11.9 Å². The van der Waals surface area contributed by atoms with Gasteiger partial charge >= 0.3 is 6.18 Å². The molecule has 4 N–H and O–H groups in total. The molecule has 1 atom stereocenters. The Labute approximate surface area is 166 Å². The van der Waals surface area contributed by atoms with Gasteiger partial charge in [0.1, 0.15) is 0 Å². The minimum atomic E-state index is -4.55. The molecule has 0 bridgehead atoms. The number of nitrogens with one attached hydrogen (secondary N) is 1. The molecule has 6 nitrogen and oxygen atoms in total. The Morgan fingerprint density at radius 1 is 1.41 bits per heavy atom. The third-order valence-electron chi connectivity index (χ3n) is 5.25. The van der Waals surface area contributed by atoms with Crippen LogP contribution in [-0.4, -0.2) is 33.4 Å². The van der Waals surface area contributed by atoms with Gasteiger partial charge in [-0.15, -0.1) is 0 Å². The van der Waals surface area contributed by atoms with Crippen molar-refractivity contribution in [3.8, 4) is 5.69 Å². The number of nitrogens with zero attached hydrogens (tertiary/aromatic N) is 2. The van der Waals surface area contributed by atoms with Gasteiger partial charge in [-0.25, -0.2) is 4.68 Å². The van der Waals surface area contributed by atoms with Gasteiger partial charge in [-0.2, -0.15) is 18.3 Å². The highest BCUT2D eigenvalue weighted by Crippen LogP contribution is 2.42. The molecule has 0 spiro atoms. The molecule has 2 aromatic rings. The van der Waals surface area contributed by atoms with Crippen molar-refractivity contribution in [1.82, 2.24) is 9.78 Å². The topological polar surface area (TPSA) is 93.2 Å². The number of aliphatic hydroxyl groups is 1. The molecule has 1 amide bonds. The molecule has 1 aliphatic carbocycles. The van der Waals surface area contributed by atoms with Crippen molar-refractivity contribution in [3.63, 3.8) is 0 Å². The van der Waals surface area contributed by atoms with Crippen LogP contribution in [0.2, 0.25) is 0 Å². The summed E-state index contributed by atoms with van der Waals surface area (Å²) in [6, 6.07) is 4.16. The molecule has 1 aromatic carbocycles. The number of nitrogens with two attached hydrogens (primary N) is 1. The monoisotopic (exact) mass is 410 g/mol. The van der Waals surface area contributed by atoms with E-state index < -0.39 is 17.8 Å². The van der Waals surface area contributed by atoms with Crippen LogP contribution in [-0.2, 0) is 19.0 Å². The number of halogens is 3. The third kappa shape index (κ3) is 4.24. The number of hydrogen-bond acceptors (Lipinski definition) is 4. The largest absolute Gasteiger partial charge is 0.435 e. The number of carbonyl (C=O) groups excluding carboxylic acids is 1. The lowest BCUT2D eigenvalue weighted by Gasteiger charge is -2.30. The Morgan fingerprint density at radius 3 is 2.69 bits per heavy atom. The normalized spacial score (nSPS) is 16.9. The molecule has 0 unspecified atom stereocenters. The van der Waals surface area contributed by atoms with Gasteiger partial charge in [-0.05, 0) is 49.8 Å². The van der Waals surface area contributed by atoms with Crippen LogP contribution in [0, 0.1) is 5.41 Å². The molecule has 1 heterocycles. The van der Waals surface area contributed by atoms with E-state index in [-0.39, 0.29) is 29.2 Å². The van der Waals surface area contributed by atoms with Crippen molar-refractivity contribution >= 4 is 11.6 Å². The van der Waals surface area contributed by atoms with Gasteiger partial charge in [0.2, 0.25) is 0 Å². The fraction of sp³-hybridized carbons (Fsp3) is 0.500. The number of alkyl halides is 3.